The van der Waals surface area contributed by atoms with Crippen molar-refractivity contribution < 1.29 is 82.0 Å². The Morgan fingerprint density at radius 2 is 0.845 bits per heavy atom. The van der Waals surface area contributed by atoms with E-state index in [4.69, 9.17) is 9.47 Å². The van der Waals surface area contributed by atoms with E-state index >= 15 is 52.7 Å². The summed E-state index contributed by atoms with van der Waals surface area (Å²) in [5, 5.41) is 18.5. The van der Waals surface area contributed by atoms with Crippen molar-refractivity contribution >= 4 is 35.7 Å². The van der Waals surface area contributed by atoms with Crippen LogP contribution in [-0.4, -0.2) is 135 Å². The lowest BCUT2D eigenvalue weighted by Crippen LogP contribution is -2.48. The normalized spacial score (nSPS) is 15.8. The zero-order valence-electron chi connectivity index (χ0n) is 37.8. The fourth-order valence-corrected chi connectivity index (χ4v) is 9.72. The van der Waals surface area contributed by atoms with E-state index in [0.717, 1.165) is 26.4 Å². The van der Waals surface area contributed by atoms with Gasteiger partial charge in [-0.15, -0.1) is 0 Å². The third kappa shape index (κ3) is 12.7. The number of aliphatic hydroxyl groups is 2. The molecule has 4 aromatic carbocycles. The molecule has 0 aromatic heterocycles. The molecule has 2 aliphatic heterocycles. The Kier molecular flexibility index (Phi) is 17.2. The monoisotopic (exact) mass is 1030 g/mol. The van der Waals surface area contributed by atoms with Gasteiger partial charge in [-0.05, 0) is 58.7 Å². The lowest BCUT2D eigenvalue weighted by atomic mass is 9.90. The number of benzene rings is 4. The number of para-hydroxylation sites is 2. The van der Waals surface area contributed by atoms with E-state index in [9.17, 15) is 19.8 Å². The summed E-state index contributed by atoms with van der Waals surface area (Å²) in [6.07, 6.45) is -21.9. The van der Waals surface area contributed by atoms with Crippen molar-refractivity contribution in [3.63, 3.8) is 0 Å². The van der Waals surface area contributed by atoms with Crippen LogP contribution in [-0.2, 0) is 34.3 Å². The molecule has 2 amide bonds. The molecule has 0 radical (unpaired) electrons. The van der Waals surface area contributed by atoms with Gasteiger partial charge in [-0.1, -0.05) is 48.2 Å². The van der Waals surface area contributed by atoms with E-state index in [2.05, 4.69) is 0 Å². The van der Waals surface area contributed by atoms with Crippen LogP contribution in [0.15, 0.2) is 82.6 Å². The van der Waals surface area contributed by atoms with Crippen LogP contribution in [0.3, 0.4) is 0 Å². The number of carbonyl (C=O) groups is 2. The second-order valence-electron chi connectivity index (χ2n) is 16.1. The Balaban J connectivity index is 1.66. The smallest absolute Gasteiger partial charge is 0.418 e. The van der Waals surface area contributed by atoms with Crippen LogP contribution in [0.2, 0.25) is 0 Å². The van der Waals surface area contributed by atoms with Crippen molar-refractivity contribution in [2.75, 3.05) is 92.9 Å². The standard InChI is InChI=1S/C48H46F12N4O6S/c1-69-35-9-5-3-7-29(35)33-27-37(43(47(55,56)57)41(45(49,50)51)31(33)11-13-39(67)63-19-15-61(16-20-63)23-25-65)71-38-28-34(30-8-4-6-10-36(30)70-2)32(42(46(52,53)54)44(38)48(58,59)60)12-14-40(68)64-21-17-62(18-22-64)24-26-66/h3-14,27-28,65-66H,15-26H2,1-2H3. The van der Waals surface area contributed by atoms with E-state index in [1.807, 2.05) is 0 Å². The van der Waals surface area contributed by atoms with E-state index < -0.39 is 103 Å². The molecule has 23 heteroatoms. The van der Waals surface area contributed by atoms with Crippen LogP contribution in [0, 0.1) is 0 Å². The topological polar surface area (TPSA) is 106 Å². The first-order valence-electron chi connectivity index (χ1n) is 21.7. The third-order valence-electron chi connectivity index (χ3n) is 11.8. The number of rotatable bonds is 14. The molecular formula is C48H46F12N4O6S. The lowest BCUT2D eigenvalue weighted by Gasteiger charge is -2.33. The molecule has 2 fully saturated rings. The molecule has 71 heavy (non-hydrogen) atoms. The highest BCUT2D eigenvalue weighted by molar-refractivity contribution is 7.99. The van der Waals surface area contributed by atoms with Gasteiger partial charge in [0.05, 0.1) is 49.7 Å². The average Bonchev–Trinajstić information content (AvgIpc) is 3.31. The molecule has 0 atom stereocenters. The molecule has 0 unspecified atom stereocenters. The van der Waals surface area contributed by atoms with Crippen LogP contribution >= 0.6 is 11.8 Å². The Labute approximate surface area is 403 Å². The van der Waals surface area contributed by atoms with Crippen molar-refractivity contribution in [2.24, 2.45) is 0 Å². The maximum absolute atomic E-state index is 15.6. The van der Waals surface area contributed by atoms with Gasteiger partial charge in [0.2, 0.25) is 11.8 Å². The molecule has 10 nitrogen and oxygen atoms in total. The zero-order chi connectivity index (χ0) is 52.1. The highest BCUT2D eigenvalue weighted by Crippen LogP contribution is 2.56. The molecule has 2 saturated heterocycles. The Morgan fingerprint density at radius 1 is 0.521 bits per heavy atom. The molecule has 0 bridgehead atoms. The summed E-state index contributed by atoms with van der Waals surface area (Å²) >= 11 is -0.645. The number of piperazine rings is 2. The molecular weight excluding hydrogens is 989 g/mol. The fourth-order valence-electron chi connectivity index (χ4n) is 8.49. The zero-order valence-corrected chi connectivity index (χ0v) is 38.6. The van der Waals surface area contributed by atoms with Crippen LogP contribution in [0.5, 0.6) is 11.5 Å². The van der Waals surface area contributed by atoms with Gasteiger partial charge in [-0.25, -0.2) is 0 Å². The molecule has 0 aliphatic carbocycles. The summed E-state index contributed by atoms with van der Waals surface area (Å²) in [4.78, 5) is 29.6. The highest BCUT2D eigenvalue weighted by Gasteiger charge is 2.50. The summed E-state index contributed by atoms with van der Waals surface area (Å²) < 4.78 is 198. The van der Waals surface area contributed by atoms with Crippen molar-refractivity contribution in [2.45, 2.75) is 34.5 Å². The summed E-state index contributed by atoms with van der Waals surface area (Å²) in [5.41, 5.74) is -14.7. The van der Waals surface area contributed by atoms with E-state index in [1.165, 1.54) is 46.2 Å². The molecule has 2 N–H and O–H groups in total. The van der Waals surface area contributed by atoms with Gasteiger partial charge in [-0.3, -0.25) is 19.4 Å². The van der Waals surface area contributed by atoms with Gasteiger partial charge < -0.3 is 29.5 Å². The Morgan fingerprint density at radius 3 is 1.14 bits per heavy atom. The first kappa shape index (κ1) is 54.6. The lowest BCUT2D eigenvalue weighted by molar-refractivity contribution is -0.164. The van der Waals surface area contributed by atoms with E-state index in [0.29, 0.717) is 36.4 Å². The molecule has 0 spiro atoms. The van der Waals surface area contributed by atoms with Crippen molar-refractivity contribution in [1.82, 2.24) is 19.6 Å². The minimum Gasteiger partial charge on any atom is -0.496 e. The minimum absolute atomic E-state index is 0.0324. The van der Waals surface area contributed by atoms with Crippen molar-refractivity contribution in [3.05, 3.63) is 106 Å². The van der Waals surface area contributed by atoms with Crippen molar-refractivity contribution in [3.8, 4) is 33.8 Å². The third-order valence-corrected chi connectivity index (χ3v) is 12.9. The number of methoxy groups -OCH3 is 2. The predicted molar refractivity (Wildman–Crippen MR) is 239 cm³/mol. The minimum atomic E-state index is -6.06. The number of alkyl halides is 12. The van der Waals surface area contributed by atoms with Crippen LogP contribution in [0.1, 0.15) is 33.4 Å². The van der Waals surface area contributed by atoms with E-state index in [1.54, 1.807) is 9.80 Å². The van der Waals surface area contributed by atoms with Crippen LogP contribution < -0.4 is 9.47 Å². The van der Waals surface area contributed by atoms with Crippen LogP contribution in [0.25, 0.3) is 34.4 Å². The number of carbonyl (C=O) groups excluding carboxylic acids is 2. The Bertz CT molecular complexity index is 2440. The van der Waals surface area contributed by atoms with Gasteiger partial charge in [0.1, 0.15) is 11.5 Å². The van der Waals surface area contributed by atoms with Gasteiger partial charge in [0.25, 0.3) is 0 Å². The second kappa shape index (κ2) is 22.3. The number of amides is 2. The first-order valence-corrected chi connectivity index (χ1v) is 22.5. The predicted octanol–water partition coefficient (Wildman–Crippen LogP) is 9.56. The summed E-state index contributed by atoms with van der Waals surface area (Å²) in [6, 6.07) is 10.9. The molecule has 0 saturated carbocycles. The van der Waals surface area contributed by atoms with Crippen LogP contribution in [0.4, 0.5) is 52.7 Å². The summed E-state index contributed by atoms with van der Waals surface area (Å²) in [7, 11) is 2.16. The maximum Gasteiger partial charge on any atom is 0.418 e. The van der Waals surface area contributed by atoms with Crippen molar-refractivity contribution in [1.29, 1.82) is 0 Å². The number of hydrogen-bond acceptors (Lipinski definition) is 9. The van der Waals surface area contributed by atoms with Gasteiger partial charge in [0, 0.05) is 98.5 Å². The number of aliphatic hydroxyl groups excluding tert-OH is 2. The van der Waals surface area contributed by atoms with Gasteiger partial charge >= 0.3 is 24.7 Å². The summed E-state index contributed by atoms with van der Waals surface area (Å²) in [6.45, 7) is 1.25. The fraction of sp³-hybridized carbons (Fsp3) is 0.375. The molecule has 2 heterocycles. The number of ether oxygens (including phenoxy) is 2. The molecule has 6 rings (SSSR count). The number of halogens is 12. The molecule has 384 valence electrons. The van der Waals surface area contributed by atoms with Gasteiger partial charge in [-0.2, -0.15) is 52.7 Å². The highest BCUT2D eigenvalue weighted by atomic mass is 32.2. The number of β-amino-alcohol motifs (C(OH)–C–C–N with tert-alkyl or cyclic N) is 2. The largest absolute Gasteiger partial charge is 0.496 e. The maximum atomic E-state index is 15.6. The second-order valence-corrected chi connectivity index (χ2v) is 17.2. The number of nitrogens with zero attached hydrogens (tertiary/aromatic N) is 4. The van der Waals surface area contributed by atoms with E-state index in [-0.39, 0.29) is 101 Å². The molecule has 4 aromatic rings. The quantitative estimate of drug-likeness (QED) is 0.0945. The summed E-state index contributed by atoms with van der Waals surface area (Å²) in [5.74, 6) is -2.28. The Hall–Kier alpha value is -5.75. The van der Waals surface area contributed by atoms with Gasteiger partial charge in [0.15, 0.2) is 0 Å². The average molecular weight is 1030 g/mol. The molecule has 2 aliphatic rings. The first-order chi connectivity index (χ1) is 33.4. The SMILES string of the molecule is COc1ccccc1-c1cc(Sc2cc(-c3ccccc3OC)c(C=CC(=O)N3CCN(CCO)CC3)c(C(F)(F)F)c2C(F)(F)F)c(C(F)(F)F)c(C(F)(F)F)c1C=CC(=O)N1CCN(CCO)CC1. The number of hydrogen-bond donors (Lipinski definition) is 2.